The van der Waals surface area contributed by atoms with Crippen LogP contribution in [0, 0.1) is 0 Å². The highest BCUT2D eigenvalue weighted by molar-refractivity contribution is 5.67. The molecule has 0 N–H and O–H groups in total. The van der Waals surface area contributed by atoms with Gasteiger partial charge in [0.1, 0.15) is 0 Å². The third-order valence-electron chi connectivity index (χ3n) is 3.94. The number of hydrogen-bond donors (Lipinski definition) is 0. The number of ether oxygens (including phenoxy) is 1. The van der Waals surface area contributed by atoms with E-state index in [1.807, 2.05) is 0 Å². The maximum atomic E-state index is 5.68. The summed E-state index contributed by atoms with van der Waals surface area (Å²) in [6.45, 7) is 10.2. The van der Waals surface area contributed by atoms with Gasteiger partial charge in [-0.1, -0.05) is 35.5 Å². The van der Waals surface area contributed by atoms with Crippen LogP contribution >= 0.6 is 0 Å². The van der Waals surface area contributed by atoms with Crippen molar-refractivity contribution in [1.29, 1.82) is 0 Å². The zero-order valence-corrected chi connectivity index (χ0v) is 12.1. The fourth-order valence-electron chi connectivity index (χ4n) is 3.22. The van der Waals surface area contributed by atoms with E-state index in [-0.39, 0.29) is 0 Å². The second kappa shape index (κ2) is 4.50. The minimum Gasteiger partial charge on any atom is -0.372 e. The lowest BCUT2D eigenvalue weighted by Crippen LogP contribution is -1.98. The summed E-state index contributed by atoms with van der Waals surface area (Å²) >= 11 is 0. The molecule has 0 saturated carbocycles. The molecule has 0 aromatic carbocycles. The Morgan fingerprint density at radius 1 is 0.842 bits per heavy atom. The van der Waals surface area contributed by atoms with Gasteiger partial charge in [-0.3, -0.25) is 0 Å². The highest BCUT2D eigenvalue weighted by atomic mass is 16.5. The van der Waals surface area contributed by atoms with Crippen LogP contribution < -0.4 is 0 Å². The quantitative estimate of drug-likeness (QED) is 0.620. The van der Waals surface area contributed by atoms with Crippen molar-refractivity contribution < 1.29 is 4.74 Å². The van der Waals surface area contributed by atoms with Gasteiger partial charge in [-0.2, -0.15) is 0 Å². The highest BCUT2D eigenvalue weighted by Gasteiger charge is 2.25. The zero-order chi connectivity index (χ0) is 13.6. The summed E-state index contributed by atoms with van der Waals surface area (Å²) in [4.78, 5) is 0. The summed E-state index contributed by atoms with van der Waals surface area (Å²) in [6.07, 6.45) is 9.14. The normalized spacial score (nSPS) is 22.9. The van der Waals surface area contributed by atoms with Gasteiger partial charge >= 0.3 is 0 Å². The van der Waals surface area contributed by atoms with E-state index < -0.39 is 0 Å². The van der Waals surface area contributed by atoms with Crippen LogP contribution in [-0.2, 0) is 4.74 Å². The van der Waals surface area contributed by atoms with Crippen molar-refractivity contribution in [2.45, 2.75) is 27.7 Å². The van der Waals surface area contributed by atoms with Gasteiger partial charge in [0, 0.05) is 0 Å². The smallest absolute Gasteiger partial charge is 0.0731 e. The second-order valence-corrected chi connectivity index (χ2v) is 5.72. The van der Waals surface area contributed by atoms with Crippen LogP contribution in [0.5, 0.6) is 0 Å². The fraction of sp³-hybridized carbons (Fsp3) is 0.333. The molecule has 2 aliphatic carbocycles. The Bertz CT molecular complexity index is 631. The van der Waals surface area contributed by atoms with Crippen molar-refractivity contribution in [3.8, 4) is 0 Å². The molecule has 1 heteroatoms. The largest absolute Gasteiger partial charge is 0.372 e. The zero-order valence-electron chi connectivity index (χ0n) is 12.1. The third-order valence-corrected chi connectivity index (χ3v) is 3.94. The lowest BCUT2D eigenvalue weighted by atomic mass is 9.90. The van der Waals surface area contributed by atoms with Gasteiger partial charge in [0.15, 0.2) is 0 Å². The molecule has 0 unspecified atom stereocenters. The molecule has 0 aromatic heterocycles. The number of allylic oxidation sites excluding steroid dienone is 10. The van der Waals surface area contributed by atoms with E-state index in [0.717, 1.165) is 13.2 Å². The molecule has 19 heavy (non-hydrogen) atoms. The van der Waals surface area contributed by atoms with Gasteiger partial charge in [-0.15, -0.1) is 0 Å². The van der Waals surface area contributed by atoms with E-state index >= 15 is 0 Å². The maximum Gasteiger partial charge on any atom is 0.0731 e. The molecule has 3 aliphatic rings. The van der Waals surface area contributed by atoms with Crippen LogP contribution in [0.4, 0.5) is 0 Å². The van der Waals surface area contributed by atoms with Crippen molar-refractivity contribution in [3.63, 3.8) is 0 Å². The van der Waals surface area contributed by atoms with Crippen LogP contribution in [0.2, 0.25) is 0 Å². The Morgan fingerprint density at radius 2 is 1.58 bits per heavy atom. The van der Waals surface area contributed by atoms with E-state index in [2.05, 4.69) is 52.0 Å². The average Bonchev–Trinajstić information content (AvgIpc) is 2.65. The Kier molecular flexibility index (Phi) is 2.94. The molecule has 98 valence electrons. The predicted molar refractivity (Wildman–Crippen MR) is 79.9 cm³/mol. The van der Waals surface area contributed by atoms with E-state index in [9.17, 15) is 0 Å². The molecule has 0 bridgehead atoms. The van der Waals surface area contributed by atoms with Crippen molar-refractivity contribution in [3.05, 3.63) is 68.9 Å². The van der Waals surface area contributed by atoms with Gasteiger partial charge in [-0.05, 0) is 61.1 Å². The molecule has 0 aromatic rings. The van der Waals surface area contributed by atoms with E-state index in [0.29, 0.717) is 0 Å². The minimum atomic E-state index is 0.739. The highest BCUT2D eigenvalue weighted by Crippen LogP contribution is 2.38. The number of fused-ring (bicyclic) bond motifs is 2. The molecule has 1 aliphatic heterocycles. The summed E-state index contributed by atoms with van der Waals surface area (Å²) in [6, 6.07) is 0. The first-order valence-electron chi connectivity index (χ1n) is 6.84. The Hall–Kier alpha value is -1.60. The molecule has 0 amide bonds. The molecule has 3 rings (SSSR count). The van der Waals surface area contributed by atoms with Gasteiger partial charge in [0.2, 0.25) is 0 Å². The first-order chi connectivity index (χ1) is 9.06. The summed E-state index contributed by atoms with van der Waals surface area (Å²) < 4.78 is 5.68. The minimum absolute atomic E-state index is 0.739. The SMILES string of the molecule is CC1=CC(C)=C2C=C(C)C=C3COCC3=C2C(C)=C1. The number of rotatable bonds is 0. The molecule has 0 radical (unpaired) electrons. The topological polar surface area (TPSA) is 9.23 Å². The average molecular weight is 252 g/mol. The Morgan fingerprint density at radius 3 is 2.37 bits per heavy atom. The first-order valence-corrected chi connectivity index (χ1v) is 6.84. The van der Waals surface area contributed by atoms with Crippen molar-refractivity contribution in [2.75, 3.05) is 13.2 Å². The summed E-state index contributed by atoms with van der Waals surface area (Å²) in [7, 11) is 0. The fourth-order valence-corrected chi connectivity index (χ4v) is 3.22. The van der Waals surface area contributed by atoms with Gasteiger partial charge in [-0.25, -0.2) is 0 Å². The molecule has 0 atom stereocenters. The molecule has 1 nitrogen and oxygen atoms in total. The predicted octanol–water partition coefficient (Wildman–Crippen LogP) is 4.42. The molecular weight excluding hydrogens is 232 g/mol. The van der Waals surface area contributed by atoms with Gasteiger partial charge < -0.3 is 4.74 Å². The summed E-state index contributed by atoms with van der Waals surface area (Å²) in [5, 5.41) is 0. The summed E-state index contributed by atoms with van der Waals surface area (Å²) in [5.74, 6) is 0. The van der Waals surface area contributed by atoms with Crippen LogP contribution in [0.15, 0.2) is 68.9 Å². The van der Waals surface area contributed by atoms with Crippen LogP contribution in [0.1, 0.15) is 27.7 Å². The monoisotopic (exact) mass is 252 g/mol. The first kappa shape index (κ1) is 12.4. The Labute approximate surface area is 115 Å². The van der Waals surface area contributed by atoms with E-state index in [1.165, 1.54) is 44.6 Å². The molecule has 1 saturated heterocycles. The second-order valence-electron chi connectivity index (χ2n) is 5.72. The summed E-state index contributed by atoms with van der Waals surface area (Å²) in [5.41, 5.74) is 10.8. The van der Waals surface area contributed by atoms with Crippen molar-refractivity contribution in [1.82, 2.24) is 0 Å². The Balaban J connectivity index is 2.34. The van der Waals surface area contributed by atoms with Crippen LogP contribution in [-0.4, -0.2) is 13.2 Å². The maximum absolute atomic E-state index is 5.68. The van der Waals surface area contributed by atoms with Crippen LogP contribution in [0.3, 0.4) is 0 Å². The van der Waals surface area contributed by atoms with Crippen molar-refractivity contribution >= 4 is 0 Å². The third kappa shape index (κ3) is 2.08. The van der Waals surface area contributed by atoms with E-state index in [1.54, 1.807) is 0 Å². The van der Waals surface area contributed by atoms with Gasteiger partial charge in [0.05, 0.1) is 13.2 Å². The molecule has 1 fully saturated rings. The lowest BCUT2D eigenvalue weighted by molar-refractivity contribution is 0.214. The van der Waals surface area contributed by atoms with Gasteiger partial charge in [0.25, 0.3) is 0 Å². The lowest BCUT2D eigenvalue weighted by Gasteiger charge is -2.13. The molecular formula is C18H20O. The van der Waals surface area contributed by atoms with Crippen LogP contribution in [0.25, 0.3) is 0 Å². The molecule has 0 spiro atoms. The van der Waals surface area contributed by atoms with Crippen molar-refractivity contribution in [2.24, 2.45) is 0 Å². The number of hydrogen-bond acceptors (Lipinski definition) is 1. The standard InChI is InChI=1S/C18H20O/c1-11-5-13(3)16-8-12(2)7-15-9-19-10-17(15)18(16)14(4)6-11/h5-8H,9-10H2,1-4H3. The molecule has 1 heterocycles. The van der Waals surface area contributed by atoms with E-state index in [4.69, 9.17) is 4.74 Å².